The van der Waals surface area contributed by atoms with Crippen molar-refractivity contribution in [2.24, 2.45) is 11.8 Å². The van der Waals surface area contributed by atoms with Crippen LogP contribution in [0.25, 0.3) is 22.3 Å². The molecule has 7 aliphatic rings. The minimum Gasteiger partial charge on any atom is -0.357 e. The molecule has 77 heavy (non-hydrogen) atoms. The van der Waals surface area contributed by atoms with E-state index in [0.29, 0.717) is 101 Å². The number of nitrogens with zero attached hydrogens (tertiary/aromatic N) is 9. The molecule has 5 amide bonds. The molecule has 5 aliphatic heterocycles. The molecular formula is C60H72FN11O5. The molecule has 0 bridgehead atoms. The van der Waals surface area contributed by atoms with E-state index in [0.717, 1.165) is 78.0 Å². The molecule has 5 aromatic rings. The highest BCUT2D eigenvalue weighted by Gasteiger charge is 2.56. The minimum atomic E-state index is -0.739. The summed E-state index contributed by atoms with van der Waals surface area (Å²) in [5.74, 6) is 0.336. The lowest BCUT2D eigenvalue weighted by molar-refractivity contribution is -0.143. The third-order valence-corrected chi connectivity index (χ3v) is 18.7. The molecule has 0 radical (unpaired) electrons. The van der Waals surface area contributed by atoms with Crippen LogP contribution in [0, 0.1) is 17.7 Å². The average Bonchev–Trinajstić information content (AvgIpc) is 4.20. The summed E-state index contributed by atoms with van der Waals surface area (Å²) < 4.78 is 17.2. The SMILES string of the molecule is CC(C)n1cnc2cc(-c3ccc4c(c3)N([C@H]3C[C@@H](N5CCCCC5)C3)C(=O)C43CCN(C(=O)[C@H]4CC[C@H](C(=O)N5CCC(N(C)c6ccc(C7CCC(=O)NC7=O)cn6)CC5)CC4)CC3)nc(Nc3ccccc3F)c21. The number of aromatic nitrogens is 4. The van der Waals surface area contributed by atoms with E-state index in [2.05, 4.69) is 62.4 Å². The van der Waals surface area contributed by atoms with Gasteiger partial charge >= 0.3 is 0 Å². The Morgan fingerprint density at radius 3 is 2.16 bits per heavy atom. The molecule has 2 aromatic carbocycles. The highest BCUT2D eigenvalue weighted by atomic mass is 19.1. The third-order valence-electron chi connectivity index (χ3n) is 18.7. The Morgan fingerprint density at radius 1 is 0.792 bits per heavy atom. The van der Waals surface area contributed by atoms with Crippen molar-refractivity contribution >= 4 is 63.6 Å². The van der Waals surface area contributed by atoms with Gasteiger partial charge in [-0.1, -0.05) is 36.8 Å². The first-order valence-electron chi connectivity index (χ1n) is 28.6. The Morgan fingerprint density at radius 2 is 1.49 bits per heavy atom. The zero-order valence-electron chi connectivity index (χ0n) is 44.8. The Hall–Kier alpha value is -6.75. The number of likely N-dealkylation sites (tertiary alicyclic amines) is 3. The molecule has 6 fully saturated rings. The standard InChI is InChI=1S/C60H72FN11O5/c1-37(2)71-36-63-50-34-49(65-55(54(50)71)64-48-10-6-5-9-47(48)61)40-15-18-46-51(31-40)72(44-32-43(33-44)68-25-7-4-8-26-68)59(77)60(46)23-29-70(30-24-60)58(76)39-13-11-38(12-14-39)57(75)69-27-21-42(22-28-69)67(3)52-19-16-41(35-62-52)45-17-20-53(73)66-56(45)74/h5-6,9-10,15-16,18-19,31,34-39,42-45H,4,7-8,11-14,17,20-30,32-33H2,1-3H3,(H,64,65)(H,66,73,74)/t38-,39-,43-,44+,45?. The van der Waals surface area contributed by atoms with Crippen LogP contribution in [0.5, 0.6) is 0 Å². The van der Waals surface area contributed by atoms with E-state index >= 15 is 9.18 Å². The van der Waals surface area contributed by atoms with E-state index in [1.54, 1.807) is 30.7 Å². The predicted molar refractivity (Wildman–Crippen MR) is 293 cm³/mol. The van der Waals surface area contributed by atoms with Gasteiger partial charge in [0.25, 0.3) is 0 Å². The number of para-hydroxylation sites is 1. The van der Waals surface area contributed by atoms with Gasteiger partial charge in [0.2, 0.25) is 29.5 Å². The van der Waals surface area contributed by atoms with Crippen LogP contribution in [0.3, 0.4) is 0 Å². The summed E-state index contributed by atoms with van der Waals surface area (Å²) in [4.78, 5) is 93.2. The number of halogens is 1. The molecule has 404 valence electrons. The van der Waals surface area contributed by atoms with E-state index in [1.807, 2.05) is 39.6 Å². The van der Waals surface area contributed by atoms with Gasteiger partial charge < -0.3 is 34.4 Å². The van der Waals surface area contributed by atoms with Crippen molar-refractivity contribution in [1.29, 1.82) is 0 Å². The molecule has 2 saturated carbocycles. The normalized spacial score (nSPS) is 25.0. The monoisotopic (exact) mass is 1050 g/mol. The molecule has 17 heteroatoms. The van der Waals surface area contributed by atoms with Gasteiger partial charge in [-0.25, -0.2) is 19.3 Å². The molecule has 8 heterocycles. The van der Waals surface area contributed by atoms with Gasteiger partial charge in [-0.15, -0.1) is 0 Å². The number of pyridine rings is 2. The molecule has 4 saturated heterocycles. The van der Waals surface area contributed by atoms with Crippen LogP contribution in [0.4, 0.5) is 27.4 Å². The fourth-order valence-electron chi connectivity index (χ4n) is 14.0. The quantitative estimate of drug-likeness (QED) is 0.122. The molecule has 2 N–H and O–H groups in total. The molecular weight excluding hydrogens is 974 g/mol. The van der Waals surface area contributed by atoms with E-state index < -0.39 is 5.41 Å². The Kier molecular flexibility index (Phi) is 13.8. The Balaban J connectivity index is 0.701. The van der Waals surface area contributed by atoms with Crippen LogP contribution in [-0.4, -0.2) is 128 Å². The zero-order valence-corrected chi connectivity index (χ0v) is 44.8. The summed E-state index contributed by atoms with van der Waals surface area (Å²) in [7, 11) is 2.03. The van der Waals surface area contributed by atoms with Crippen LogP contribution in [-0.2, 0) is 29.4 Å². The highest BCUT2D eigenvalue weighted by molar-refractivity contribution is 6.09. The number of carbonyl (C=O) groups is 5. The second-order valence-corrected chi connectivity index (χ2v) is 23.4. The van der Waals surface area contributed by atoms with E-state index in [1.165, 1.54) is 25.3 Å². The molecule has 1 spiro atoms. The summed E-state index contributed by atoms with van der Waals surface area (Å²) >= 11 is 0. The summed E-state index contributed by atoms with van der Waals surface area (Å²) in [5, 5.41) is 5.72. The van der Waals surface area contributed by atoms with Crippen LogP contribution >= 0.6 is 0 Å². The van der Waals surface area contributed by atoms with E-state index in [-0.39, 0.29) is 71.2 Å². The number of imide groups is 1. The lowest BCUT2D eigenvalue weighted by Crippen LogP contribution is -2.58. The molecule has 3 aromatic heterocycles. The van der Waals surface area contributed by atoms with Gasteiger partial charge in [0.05, 0.1) is 34.6 Å². The van der Waals surface area contributed by atoms with Crippen LogP contribution in [0.15, 0.2) is 73.2 Å². The van der Waals surface area contributed by atoms with Gasteiger partial charge in [-0.05, 0) is 152 Å². The summed E-state index contributed by atoms with van der Waals surface area (Å²) in [5.41, 5.74) is 5.41. The second kappa shape index (κ2) is 20.9. The molecule has 2 aliphatic carbocycles. The van der Waals surface area contributed by atoms with Gasteiger partial charge in [-0.2, -0.15) is 0 Å². The fourth-order valence-corrected chi connectivity index (χ4v) is 14.0. The molecule has 1 unspecified atom stereocenters. The second-order valence-electron chi connectivity index (χ2n) is 23.4. The van der Waals surface area contributed by atoms with Crippen LogP contribution < -0.4 is 20.4 Å². The van der Waals surface area contributed by atoms with E-state index in [4.69, 9.17) is 9.97 Å². The Bertz CT molecular complexity index is 3070. The lowest BCUT2D eigenvalue weighted by atomic mass is 9.72. The highest BCUT2D eigenvalue weighted by Crippen LogP contribution is 2.53. The van der Waals surface area contributed by atoms with Crippen molar-refractivity contribution in [3.8, 4) is 11.3 Å². The maximum absolute atomic E-state index is 15.3. The average molecular weight is 1050 g/mol. The molecule has 16 nitrogen and oxygen atoms in total. The predicted octanol–water partition coefficient (Wildman–Crippen LogP) is 8.63. The largest absolute Gasteiger partial charge is 0.357 e. The fraction of sp³-hybridized carbons (Fsp3) is 0.533. The summed E-state index contributed by atoms with van der Waals surface area (Å²) in [6.07, 6.45) is 15.5. The molecule has 1 atom stereocenters. The number of rotatable bonds is 11. The minimum absolute atomic E-state index is 0.0823. The topological polar surface area (TPSA) is 169 Å². The van der Waals surface area contributed by atoms with Gasteiger partial charge in [0, 0.05) is 93.1 Å². The lowest BCUT2D eigenvalue weighted by Gasteiger charge is -2.48. The third kappa shape index (κ3) is 9.53. The zero-order chi connectivity index (χ0) is 53.1. The van der Waals surface area contributed by atoms with Crippen molar-refractivity contribution in [2.45, 2.75) is 146 Å². The number of hydrogen-bond acceptors (Lipinski definition) is 11. The van der Waals surface area contributed by atoms with Crippen molar-refractivity contribution in [2.75, 3.05) is 61.4 Å². The number of piperidine rings is 4. The smallest absolute Gasteiger partial charge is 0.238 e. The van der Waals surface area contributed by atoms with Crippen LogP contribution in [0.2, 0.25) is 0 Å². The first kappa shape index (κ1) is 51.0. The maximum atomic E-state index is 15.3. The van der Waals surface area contributed by atoms with E-state index in [9.17, 15) is 19.2 Å². The van der Waals surface area contributed by atoms with Gasteiger partial charge in [-0.3, -0.25) is 29.3 Å². The molecule has 12 rings (SSSR count). The first-order chi connectivity index (χ1) is 37.3. The van der Waals surface area contributed by atoms with Crippen molar-refractivity contribution in [1.82, 2.24) is 39.5 Å². The number of anilines is 4. The number of hydrogen-bond donors (Lipinski definition) is 2. The van der Waals surface area contributed by atoms with Gasteiger partial charge in [0.1, 0.15) is 17.2 Å². The van der Waals surface area contributed by atoms with Crippen molar-refractivity contribution in [3.05, 3.63) is 90.1 Å². The first-order valence-corrected chi connectivity index (χ1v) is 28.6. The van der Waals surface area contributed by atoms with Gasteiger partial charge in [0.15, 0.2) is 5.82 Å². The number of nitrogens with one attached hydrogen (secondary N) is 2. The number of benzene rings is 2. The summed E-state index contributed by atoms with van der Waals surface area (Å²) in [6.45, 7) is 8.75. The number of amides is 5. The number of carbonyl (C=O) groups excluding carboxylic acids is 5. The van der Waals surface area contributed by atoms with Crippen LogP contribution in [0.1, 0.15) is 133 Å². The number of imidazole rings is 1. The Labute approximate surface area is 450 Å². The maximum Gasteiger partial charge on any atom is 0.238 e. The van der Waals surface area contributed by atoms with Crippen molar-refractivity contribution in [3.63, 3.8) is 0 Å². The summed E-state index contributed by atoms with van der Waals surface area (Å²) in [6, 6.07) is 19.6. The van der Waals surface area contributed by atoms with Crippen molar-refractivity contribution < 1.29 is 28.4 Å². The number of fused-ring (bicyclic) bond motifs is 3.